The number of alkyl halides is 3. The van der Waals surface area contributed by atoms with Crippen LogP contribution in [0.3, 0.4) is 0 Å². The highest BCUT2D eigenvalue weighted by Gasteiger charge is 2.32. The Kier molecular flexibility index (Phi) is 5.22. The van der Waals surface area contributed by atoms with Crippen molar-refractivity contribution in [1.82, 2.24) is 4.90 Å². The summed E-state index contributed by atoms with van der Waals surface area (Å²) in [6, 6.07) is 2.35. The fraction of sp³-hybridized carbons (Fsp3) is 0.600. The van der Waals surface area contributed by atoms with E-state index < -0.39 is 17.6 Å². The van der Waals surface area contributed by atoms with E-state index in [0.717, 1.165) is 50.9 Å². The van der Waals surface area contributed by atoms with Gasteiger partial charge in [-0.25, -0.2) is 4.39 Å². The number of likely N-dealkylation sites (tertiary alicyclic amines) is 1. The lowest BCUT2D eigenvalue weighted by Crippen LogP contribution is -2.34. The predicted octanol–water partition coefficient (Wildman–Crippen LogP) is 3.72. The van der Waals surface area contributed by atoms with Crippen molar-refractivity contribution in [2.24, 2.45) is 5.73 Å². The molecule has 1 saturated heterocycles. The first-order valence-electron chi connectivity index (χ1n) is 7.23. The van der Waals surface area contributed by atoms with Gasteiger partial charge < -0.3 is 5.73 Å². The van der Waals surface area contributed by atoms with Crippen LogP contribution in [0.25, 0.3) is 0 Å². The summed E-state index contributed by atoms with van der Waals surface area (Å²) in [5, 5.41) is 0. The summed E-state index contributed by atoms with van der Waals surface area (Å²) in [6.45, 7) is 1.76. The third kappa shape index (κ3) is 4.17. The molecule has 0 spiro atoms. The molecule has 0 saturated carbocycles. The molecule has 2 nitrogen and oxygen atoms in total. The highest BCUT2D eigenvalue weighted by Crippen LogP contribution is 2.33. The molecule has 6 heteroatoms. The molecule has 118 valence electrons. The van der Waals surface area contributed by atoms with Crippen LogP contribution in [0.5, 0.6) is 0 Å². The number of nitrogens with zero attached hydrogens (tertiary/aromatic N) is 1. The van der Waals surface area contributed by atoms with Gasteiger partial charge in [-0.05, 0) is 49.7 Å². The summed E-state index contributed by atoms with van der Waals surface area (Å²) >= 11 is 0. The second-order valence-electron chi connectivity index (χ2n) is 5.47. The molecule has 1 aromatic carbocycles. The third-order valence-electron chi connectivity index (χ3n) is 3.94. The molecule has 1 aliphatic rings. The molecule has 2 rings (SSSR count). The number of hydrogen-bond donors (Lipinski definition) is 1. The molecule has 1 aliphatic heterocycles. The van der Waals surface area contributed by atoms with Gasteiger partial charge in [0.1, 0.15) is 5.82 Å². The van der Waals surface area contributed by atoms with Crippen molar-refractivity contribution in [2.45, 2.75) is 37.9 Å². The Morgan fingerprint density at radius 2 is 1.67 bits per heavy atom. The maximum atomic E-state index is 13.5. The zero-order chi connectivity index (χ0) is 15.5. The zero-order valence-corrected chi connectivity index (χ0v) is 11.8. The van der Waals surface area contributed by atoms with E-state index in [-0.39, 0.29) is 12.6 Å². The molecular weight excluding hydrogens is 284 g/mol. The van der Waals surface area contributed by atoms with Crippen molar-refractivity contribution in [3.63, 3.8) is 0 Å². The predicted molar refractivity (Wildman–Crippen MR) is 73.2 cm³/mol. The molecular formula is C15H20F4N2. The van der Waals surface area contributed by atoms with Crippen LogP contribution in [0.15, 0.2) is 18.2 Å². The lowest BCUT2D eigenvalue weighted by Gasteiger charge is -2.30. The van der Waals surface area contributed by atoms with Crippen molar-refractivity contribution in [2.75, 3.05) is 19.6 Å². The Balaban J connectivity index is 2.30. The van der Waals surface area contributed by atoms with Gasteiger partial charge in [-0.2, -0.15) is 13.2 Å². The first kappa shape index (κ1) is 16.2. The highest BCUT2D eigenvalue weighted by atomic mass is 19.4. The van der Waals surface area contributed by atoms with Gasteiger partial charge in [-0.1, -0.05) is 12.8 Å². The maximum Gasteiger partial charge on any atom is 0.416 e. The van der Waals surface area contributed by atoms with Crippen LogP contribution >= 0.6 is 0 Å². The van der Waals surface area contributed by atoms with Gasteiger partial charge in [-0.15, -0.1) is 0 Å². The summed E-state index contributed by atoms with van der Waals surface area (Å²) in [5.74, 6) is -0.868. The van der Waals surface area contributed by atoms with Crippen LogP contribution in [0.2, 0.25) is 0 Å². The van der Waals surface area contributed by atoms with E-state index in [0.29, 0.717) is 11.6 Å². The van der Waals surface area contributed by atoms with Crippen molar-refractivity contribution in [3.05, 3.63) is 35.1 Å². The number of hydrogen-bond acceptors (Lipinski definition) is 2. The van der Waals surface area contributed by atoms with Gasteiger partial charge in [0.15, 0.2) is 0 Å². The van der Waals surface area contributed by atoms with Crippen LogP contribution in [0.4, 0.5) is 17.6 Å². The average Bonchev–Trinajstić information content (AvgIpc) is 2.67. The maximum absolute atomic E-state index is 13.5. The first-order valence-corrected chi connectivity index (χ1v) is 7.23. The van der Waals surface area contributed by atoms with Crippen LogP contribution in [-0.4, -0.2) is 24.5 Å². The quantitative estimate of drug-likeness (QED) is 0.862. The number of halogens is 4. The normalized spacial score (nSPS) is 19.3. The fourth-order valence-corrected chi connectivity index (χ4v) is 2.87. The van der Waals surface area contributed by atoms with Gasteiger partial charge in [-0.3, -0.25) is 4.90 Å². The molecule has 0 aliphatic carbocycles. The standard InChI is InChI=1S/C15H20F4N2/c16-13-8-11(7-12(9-13)15(17,18)19)14(10-20)21-5-3-1-2-4-6-21/h7-9,14H,1-6,10,20H2. The highest BCUT2D eigenvalue weighted by molar-refractivity contribution is 5.29. The number of nitrogens with two attached hydrogens (primary N) is 1. The van der Waals surface area contributed by atoms with Gasteiger partial charge in [0.05, 0.1) is 5.56 Å². The van der Waals surface area contributed by atoms with Crippen molar-refractivity contribution >= 4 is 0 Å². The molecule has 2 N–H and O–H groups in total. The van der Waals surface area contributed by atoms with Crippen LogP contribution in [0.1, 0.15) is 42.9 Å². The Labute approximate surface area is 121 Å². The summed E-state index contributed by atoms with van der Waals surface area (Å²) in [5.41, 5.74) is 5.11. The fourth-order valence-electron chi connectivity index (χ4n) is 2.87. The van der Waals surface area contributed by atoms with Crippen LogP contribution < -0.4 is 5.73 Å². The van der Waals surface area contributed by atoms with Crippen molar-refractivity contribution in [3.8, 4) is 0 Å². The van der Waals surface area contributed by atoms with E-state index in [1.165, 1.54) is 0 Å². The summed E-state index contributed by atoms with van der Waals surface area (Å²) < 4.78 is 52.0. The first-order chi connectivity index (χ1) is 9.91. The second-order valence-corrected chi connectivity index (χ2v) is 5.47. The lowest BCUT2D eigenvalue weighted by molar-refractivity contribution is -0.137. The van der Waals surface area contributed by atoms with E-state index in [4.69, 9.17) is 5.73 Å². The monoisotopic (exact) mass is 304 g/mol. The molecule has 0 radical (unpaired) electrons. The Morgan fingerprint density at radius 1 is 1.05 bits per heavy atom. The van der Waals surface area contributed by atoms with E-state index in [1.807, 2.05) is 0 Å². The Morgan fingerprint density at radius 3 is 2.19 bits per heavy atom. The van der Waals surface area contributed by atoms with E-state index in [1.54, 1.807) is 0 Å². The SMILES string of the molecule is NCC(c1cc(F)cc(C(F)(F)F)c1)N1CCCCCC1. The minimum atomic E-state index is -4.55. The summed E-state index contributed by atoms with van der Waals surface area (Å²) in [7, 11) is 0. The van der Waals surface area contributed by atoms with E-state index >= 15 is 0 Å². The van der Waals surface area contributed by atoms with E-state index in [9.17, 15) is 17.6 Å². The van der Waals surface area contributed by atoms with Gasteiger partial charge in [0, 0.05) is 12.6 Å². The minimum absolute atomic E-state index is 0.181. The molecule has 0 aromatic heterocycles. The molecule has 0 bridgehead atoms. The topological polar surface area (TPSA) is 29.3 Å². The molecule has 1 atom stereocenters. The Bertz CT molecular complexity index is 465. The van der Waals surface area contributed by atoms with Gasteiger partial charge in [0.25, 0.3) is 0 Å². The van der Waals surface area contributed by atoms with Crippen molar-refractivity contribution < 1.29 is 17.6 Å². The smallest absolute Gasteiger partial charge is 0.329 e. The van der Waals surface area contributed by atoms with Crippen molar-refractivity contribution in [1.29, 1.82) is 0 Å². The second kappa shape index (κ2) is 6.75. The number of benzene rings is 1. The molecule has 0 amide bonds. The zero-order valence-electron chi connectivity index (χ0n) is 11.8. The number of rotatable bonds is 3. The Hall–Kier alpha value is -1.14. The minimum Gasteiger partial charge on any atom is -0.329 e. The molecule has 1 fully saturated rings. The third-order valence-corrected chi connectivity index (χ3v) is 3.94. The van der Waals surface area contributed by atoms with Crippen LogP contribution in [-0.2, 0) is 6.18 Å². The summed E-state index contributed by atoms with van der Waals surface area (Å²) in [4.78, 5) is 2.07. The molecule has 1 unspecified atom stereocenters. The molecule has 1 aromatic rings. The van der Waals surface area contributed by atoms with Gasteiger partial charge >= 0.3 is 6.18 Å². The van der Waals surface area contributed by atoms with Gasteiger partial charge in [0.2, 0.25) is 0 Å². The molecule has 21 heavy (non-hydrogen) atoms. The lowest BCUT2D eigenvalue weighted by atomic mass is 10.0. The summed E-state index contributed by atoms with van der Waals surface area (Å²) in [6.07, 6.45) is -0.319. The van der Waals surface area contributed by atoms with Crippen LogP contribution in [0, 0.1) is 5.82 Å². The molecule has 1 heterocycles. The van der Waals surface area contributed by atoms with E-state index in [2.05, 4.69) is 4.90 Å². The largest absolute Gasteiger partial charge is 0.416 e. The average molecular weight is 304 g/mol.